The average Bonchev–Trinajstić information content (AvgIpc) is 2.92. The molecule has 3 heterocycles. The average molecular weight is 288 g/mol. The fraction of sp³-hybridized carbons (Fsp3) is 0.600. The Balaban J connectivity index is 1.93. The number of nitrogens with two attached hydrogens (primary N) is 1. The third-order valence-electron chi connectivity index (χ3n) is 3.21. The summed E-state index contributed by atoms with van der Waals surface area (Å²) in [6.45, 7) is -0.0240. The predicted octanol–water partition coefficient (Wildman–Crippen LogP) is -0.365. The Morgan fingerprint density at radius 3 is 3.11 bits per heavy atom. The fourth-order valence-corrected chi connectivity index (χ4v) is 2.55. The van der Waals surface area contributed by atoms with Crippen LogP contribution in [0.3, 0.4) is 0 Å². The maximum Gasteiger partial charge on any atom is 0.285 e. The molecule has 3 unspecified atom stereocenters. The zero-order valence-corrected chi connectivity index (χ0v) is 10.7. The van der Waals surface area contributed by atoms with Crippen LogP contribution in [0.2, 0.25) is 0 Å². The summed E-state index contributed by atoms with van der Waals surface area (Å²) >= 11 is 5.86. The highest BCUT2D eigenvalue weighted by molar-refractivity contribution is 6.24. The number of rotatable bonds is 2. The summed E-state index contributed by atoms with van der Waals surface area (Å²) in [5.74, 6) is 0.456. The highest BCUT2D eigenvalue weighted by Crippen LogP contribution is 2.38. The summed E-state index contributed by atoms with van der Waals surface area (Å²) < 4.78 is 7.35. The molecular formula is C10H14ClN5O3. The Kier molecular flexibility index (Phi) is 2.90. The lowest BCUT2D eigenvalue weighted by atomic mass is 10.2. The Morgan fingerprint density at radius 1 is 1.63 bits per heavy atom. The molecule has 9 heteroatoms. The quantitative estimate of drug-likeness (QED) is 0.436. The molecule has 1 aromatic heterocycles. The molecule has 104 valence electrons. The third kappa shape index (κ3) is 2.06. The fourth-order valence-electron chi connectivity index (χ4n) is 2.32. The summed E-state index contributed by atoms with van der Waals surface area (Å²) in [6, 6.07) is 0. The maximum absolute atomic E-state index is 9.95. The topological polar surface area (TPSA) is 118 Å². The lowest BCUT2D eigenvalue weighted by Gasteiger charge is -2.24. The number of ether oxygens (including phenoxy) is 1. The van der Waals surface area contributed by atoms with Gasteiger partial charge < -0.3 is 26.0 Å². The van der Waals surface area contributed by atoms with Gasteiger partial charge in [0.15, 0.2) is 11.7 Å². The van der Waals surface area contributed by atoms with Crippen LogP contribution < -0.4 is 11.1 Å². The number of aliphatic hydroxyl groups is 2. The van der Waals surface area contributed by atoms with Gasteiger partial charge in [-0.15, -0.1) is 0 Å². The molecule has 1 saturated heterocycles. The second-order valence-electron chi connectivity index (χ2n) is 4.53. The van der Waals surface area contributed by atoms with E-state index >= 15 is 0 Å². The zero-order chi connectivity index (χ0) is 13.6. The molecule has 0 radical (unpaired) electrons. The van der Waals surface area contributed by atoms with Crippen LogP contribution in [0.1, 0.15) is 24.8 Å². The summed E-state index contributed by atoms with van der Waals surface area (Å²) in [5, 5.41) is 19.9. The number of imidazole rings is 1. The van der Waals surface area contributed by atoms with Gasteiger partial charge in [-0.25, -0.2) is 4.98 Å². The highest BCUT2D eigenvalue weighted by Gasteiger charge is 2.39. The van der Waals surface area contributed by atoms with Crippen molar-refractivity contribution < 1.29 is 14.9 Å². The minimum Gasteiger partial charge on any atom is -0.394 e. The largest absolute Gasteiger partial charge is 0.394 e. The highest BCUT2D eigenvalue weighted by atomic mass is 35.5. The van der Waals surface area contributed by atoms with Crippen LogP contribution in [0, 0.1) is 0 Å². The van der Waals surface area contributed by atoms with Crippen molar-refractivity contribution >= 4 is 23.4 Å². The number of halogens is 1. The van der Waals surface area contributed by atoms with Gasteiger partial charge in [0.25, 0.3) is 5.18 Å². The van der Waals surface area contributed by atoms with Crippen LogP contribution in [0.5, 0.6) is 0 Å². The van der Waals surface area contributed by atoms with Crippen molar-refractivity contribution in [3.8, 4) is 0 Å². The van der Waals surface area contributed by atoms with Gasteiger partial charge in [-0.05, 0) is 12.8 Å². The molecule has 0 aromatic carbocycles. The first-order chi connectivity index (χ1) is 9.01. The lowest BCUT2D eigenvalue weighted by molar-refractivity contribution is -0.0215. The number of fused-ring (bicyclic) bond motifs is 1. The Bertz CT molecular complexity index is 529. The second-order valence-corrected chi connectivity index (χ2v) is 5.06. The molecule has 2 aliphatic rings. The van der Waals surface area contributed by atoms with Crippen LogP contribution >= 0.6 is 11.6 Å². The first kappa shape index (κ1) is 12.7. The smallest absolute Gasteiger partial charge is 0.285 e. The monoisotopic (exact) mass is 287 g/mol. The van der Waals surface area contributed by atoms with E-state index in [9.17, 15) is 5.11 Å². The second kappa shape index (κ2) is 4.34. The molecule has 0 amide bonds. The van der Waals surface area contributed by atoms with E-state index < -0.39 is 5.18 Å². The number of aromatic nitrogens is 2. The molecule has 0 bridgehead atoms. The molecular weight excluding hydrogens is 274 g/mol. The number of hydrogen-bond acceptors (Lipinski definition) is 7. The van der Waals surface area contributed by atoms with Gasteiger partial charge in [0.2, 0.25) is 0 Å². The van der Waals surface area contributed by atoms with Crippen molar-refractivity contribution in [2.24, 2.45) is 10.7 Å². The number of anilines is 1. The normalized spacial score (nSPS) is 33.7. The molecule has 0 aliphatic carbocycles. The summed E-state index contributed by atoms with van der Waals surface area (Å²) in [4.78, 5) is 7.73. The Morgan fingerprint density at radius 2 is 2.42 bits per heavy atom. The van der Waals surface area contributed by atoms with Crippen molar-refractivity contribution in [1.82, 2.24) is 9.55 Å². The van der Waals surface area contributed by atoms with Gasteiger partial charge in [-0.2, -0.15) is 4.99 Å². The van der Waals surface area contributed by atoms with E-state index in [1.165, 1.54) is 6.33 Å². The number of hydrogen-bond donors (Lipinski definition) is 4. The number of nitrogens with zero attached hydrogens (tertiary/aromatic N) is 3. The van der Waals surface area contributed by atoms with Crippen molar-refractivity contribution in [3.63, 3.8) is 0 Å². The van der Waals surface area contributed by atoms with Gasteiger partial charge >= 0.3 is 0 Å². The standard InChI is InChI=1S/C10H14ClN5O3/c11-10(18)7-8(14-9(12)15-10)16(4-13-7)6-2-1-5(3-17)19-6/h4-6,17-18H,1-3H2,(H3,12,14,15). The number of nitrogens with one attached hydrogen (secondary N) is 1. The Labute approximate surface area is 113 Å². The molecule has 1 aromatic rings. The molecule has 19 heavy (non-hydrogen) atoms. The number of aliphatic imine (C=N–C) groups is 1. The SMILES string of the molecule is NC1=NC(O)(Cl)c2ncn(C3CCC(CO)O3)c2N1. The molecule has 0 spiro atoms. The van der Waals surface area contributed by atoms with E-state index in [-0.39, 0.29) is 30.6 Å². The van der Waals surface area contributed by atoms with E-state index in [1.807, 2.05) is 0 Å². The van der Waals surface area contributed by atoms with E-state index in [2.05, 4.69) is 15.3 Å². The first-order valence-corrected chi connectivity index (χ1v) is 6.26. The summed E-state index contributed by atoms with van der Waals surface area (Å²) in [6.07, 6.45) is 2.52. The van der Waals surface area contributed by atoms with Gasteiger partial charge in [-0.1, -0.05) is 11.6 Å². The van der Waals surface area contributed by atoms with Crippen molar-refractivity contribution in [2.75, 3.05) is 11.9 Å². The van der Waals surface area contributed by atoms with Crippen LogP contribution in [0.25, 0.3) is 0 Å². The van der Waals surface area contributed by atoms with Gasteiger partial charge in [-0.3, -0.25) is 4.57 Å². The van der Waals surface area contributed by atoms with E-state index in [4.69, 9.17) is 27.2 Å². The van der Waals surface area contributed by atoms with Crippen LogP contribution in [0.4, 0.5) is 5.82 Å². The maximum atomic E-state index is 9.95. The number of aliphatic hydroxyl groups excluding tert-OH is 1. The summed E-state index contributed by atoms with van der Waals surface area (Å²) in [5.41, 5.74) is 5.76. The molecule has 5 N–H and O–H groups in total. The van der Waals surface area contributed by atoms with Crippen molar-refractivity contribution in [3.05, 3.63) is 12.0 Å². The van der Waals surface area contributed by atoms with Crippen LogP contribution in [0.15, 0.2) is 11.3 Å². The van der Waals surface area contributed by atoms with E-state index in [0.29, 0.717) is 5.82 Å². The molecule has 8 nitrogen and oxygen atoms in total. The molecule has 3 atom stereocenters. The number of guanidine groups is 1. The van der Waals surface area contributed by atoms with Gasteiger partial charge in [0, 0.05) is 0 Å². The van der Waals surface area contributed by atoms with Gasteiger partial charge in [0.1, 0.15) is 12.0 Å². The minimum atomic E-state index is -1.97. The molecule has 3 rings (SSSR count). The van der Waals surface area contributed by atoms with E-state index in [0.717, 1.165) is 12.8 Å². The minimum absolute atomic E-state index is 0.00320. The number of alkyl halides is 1. The predicted molar refractivity (Wildman–Crippen MR) is 67.5 cm³/mol. The van der Waals surface area contributed by atoms with Crippen LogP contribution in [-0.2, 0) is 9.92 Å². The zero-order valence-electron chi connectivity index (χ0n) is 9.95. The van der Waals surface area contributed by atoms with Gasteiger partial charge in [0.05, 0.1) is 19.0 Å². The van der Waals surface area contributed by atoms with Crippen molar-refractivity contribution in [1.29, 1.82) is 0 Å². The van der Waals surface area contributed by atoms with E-state index in [1.54, 1.807) is 4.57 Å². The van der Waals surface area contributed by atoms with Crippen LogP contribution in [-0.4, -0.2) is 38.4 Å². The molecule has 0 saturated carbocycles. The van der Waals surface area contributed by atoms with Crippen molar-refractivity contribution in [2.45, 2.75) is 30.4 Å². The molecule has 1 fully saturated rings. The Hall–Kier alpha value is -1.35. The lowest BCUT2D eigenvalue weighted by Crippen LogP contribution is -2.35. The first-order valence-electron chi connectivity index (χ1n) is 5.88. The summed E-state index contributed by atoms with van der Waals surface area (Å²) in [7, 11) is 0. The molecule has 2 aliphatic heterocycles. The third-order valence-corrected chi connectivity index (χ3v) is 3.47.